The molecule has 1 aliphatic heterocycles. The zero-order valence-electron chi connectivity index (χ0n) is 10.7. The summed E-state index contributed by atoms with van der Waals surface area (Å²) in [5, 5.41) is 2.21. The molecule has 1 saturated heterocycles. The number of pyridine rings is 1. The highest BCUT2D eigenvalue weighted by Gasteiger charge is 2.44. The van der Waals surface area contributed by atoms with E-state index >= 15 is 0 Å². The summed E-state index contributed by atoms with van der Waals surface area (Å²) in [5.74, 6) is -1.68. The molecule has 2 heterocycles. The molecule has 0 aromatic carbocycles. The molecule has 0 saturated carbocycles. The molecule has 9 nitrogen and oxygen atoms in total. The largest absolute Gasteiger partial charge is 0.362 e. The molecule has 1 fully saturated rings. The normalized spacial score (nSPS) is 18.0. The smallest absolute Gasteiger partial charge is 0.341 e. The molecule has 2 N–H and O–H groups in total. The lowest BCUT2D eigenvalue weighted by molar-refractivity contribution is -0.140. The third-order valence-electron chi connectivity index (χ3n) is 2.83. The second-order valence-electron chi connectivity index (χ2n) is 4.41. The maximum Gasteiger partial charge on any atom is 0.362 e. The highest BCUT2D eigenvalue weighted by atomic mass is 35.5. The van der Waals surface area contributed by atoms with Gasteiger partial charge in [-0.25, -0.2) is 4.31 Å². The molecule has 120 valence electrons. The number of hydrogen-bond donors (Lipinski definition) is 2. The van der Waals surface area contributed by atoms with Gasteiger partial charge in [-0.05, 0) is 6.07 Å². The van der Waals surface area contributed by atoms with E-state index in [0.717, 1.165) is 4.57 Å². The molecule has 0 aliphatic carbocycles. The molecular formula is C10H9Cl2N3O6S. The van der Waals surface area contributed by atoms with E-state index < -0.39 is 40.3 Å². The van der Waals surface area contributed by atoms with Crippen molar-refractivity contribution in [1.82, 2.24) is 14.2 Å². The number of rotatable bonds is 4. The number of nitrogens with one attached hydrogen (secondary N) is 1. The summed E-state index contributed by atoms with van der Waals surface area (Å²) in [5.41, 5.74) is -0.638. The molecule has 12 heteroatoms. The van der Waals surface area contributed by atoms with Gasteiger partial charge in [0.15, 0.2) is 0 Å². The molecule has 0 spiro atoms. The van der Waals surface area contributed by atoms with Gasteiger partial charge in [0.25, 0.3) is 11.5 Å². The van der Waals surface area contributed by atoms with Crippen LogP contribution in [0.4, 0.5) is 0 Å². The summed E-state index contributed by atoms with van der Waals surface area (Å²) < 4.78 is 31.3. The number of carbonyl (C=O) groups is 2. The highest BCUT2D eigenvalue weighted by Crippen LogP contribution is 2.14. The van der Waals surface area contributed by atoms with Crippen LogP contribution in [0.25, 0.3) is 0 Å². The van der Waals surface area contributed by atoms with E-state index in [0.29, 0.717) is 0 Å². The molecule has 1 aromatic heterocycles. The van der Waals surface area contributed by atoms with Crippen molar-refractivity contribution < 1.29 is 22.6 Å². The van der Waals surface area contributed by atoms with Crippen LogP contribution in [0.3, 0.4) is 0 Å². The Morgan fingerprint density at radius 1 is 1.41 bits per heavy atom. The second kappa shape index (κ2) is 5.88. The summed E-state index contributed by atoms with van der Waals surface area (Å²) >= 11 is 11.3. The highest BCUT2D eigenvalue weighted by molar-refractivity contribution is 7.84. The number of β-lactam (4-membered cyclic amide) rings is 1. The van der Waals surface area contributed by atoms with Crippen molar-refractivity contribution in [2.24, 2.45) is 0 Å². The van der Waals surface area contributed by atoms with E-state index in [4.69, 9.17) is 27.8 Å². The molecule has 1 atom stereocenters. The van der Waals surface area contributed by atoms with Gasteiger partial charge in [-0.1, -0.05) is 23.2 Å². The van der Waals surface area contributed by atoms with Crippen LogP contribution in [-0.2, 0) is 26.4 Å². The maximum absolute atomic E-state index is 11.8. The fourth-order valence-electron chi connectivity index (χ4n) is 1.79. The number of hydrogen-bond acceptors (Lipinski definition) is 5. The summed E-state index contributed by atoms with van der Waals surface area (Å²) in [7, 11) is -4.62. The summed E-state index contributed by atoms with van der Waals surface area (Å²) in [6, 6.07) is 0.138. The van der Waals surface area contributed by atoms with E-state index in [1.165, 1.54) is 12.3 Å². The Labute approximate surface area is 134 Å². The number of carbonyl (C=O) groups excluding carboxylic acids is 2. The van der Waals surface area contributed by atoms with Crippen LogP contribution in [0.2, 0.25) is 10.0 Å². The Morgan fingerprint density at radius 3 is 2.59 bits per heavy atom. The molecule has 2 rings (SSSR count). The lowest BCUT2D eigenvalue weighted by Gasteiger charge is -2.35. The topological polar surface area (TPSA) is 126 Å². The quantitative estimate of drug-likeness (QED) is 0.533. The van der Waals surface area contributed by atoms with Crippen LogP contribution < -0.4 is 10.9 Å². The van der Waals surface area contributed by atoms with Crippen molar-refractivity contribution in [3.63, 3.8) is 0 Å². The van der Waals surface area contributed by atoms with Crippen molar-refractivity contribution in [2.75, 3.05) is 6.54 Å². The molecule has 1 aliphatic rings. The molecule has 1 unspecified atom stereocenters. The number of halogens is 2. The Morgan fingerprint density at radius 2 is 2.05 bits per heavy atom. The Bertz CT molecular complexity index is 805. The second-order valence-corrected chi connectivity index (χ2v) is 6.59. The van der Waals surface area contributed by atoms with Gasteiger partial charge in [0, 0.05) is 6.20 Å². The van der Waals surface area contributed by atoms with Gasteiger partial charge in [0.05, 0.1) is 11.6 Å². The van der Waals surface area contributed by atoms with E-state index in [1.807, 2.05) is 0 Å². The van der Waals surface area contributed by atoms with Gasteiger partial charge < -0.3 is 9.88 Å². The average Bonchev–Trinajstić information content (AvgIpc) is 2.38. The van der Waals surface area contributed by atoms with Crippen LogP contribution in [0.15, 0.2) is 17.1 Å². The van der Waals surface area contributed by atoms with Crippen LogP contribution in [0.5, 0.6) is 0 Å². The Balaban J connectivity index is 2.01. The van der Waals surface area contributed by atoms with Crippen LogP contribution in [-0.4, -0.2) is 46.2 Å². The Kier molecular flexibility index (Phi) is 4.47. The molecule has 1 aromatic rings. The first-order valence-electron chi connectivity index (χ1n) is 5.73. The van der Waals surface area contributed by atoms with Crippen molar-refractivity contribution in [2.45, 2.75) is 12.6 Å². The lowest BCUT2D eigenvalue weighted by Crippen LogP contribution is -2.65. The van der Waals surface area contributed by atoms with Gasteiger partial charge >= 0.3 is 10.3 Å². The van der Waals surface area contributed by atoms with Crippen LogP contribution in [0.1, 0.15) is 0 Å². The SMILES string of the molecule is O=C(Cn1cc(Cl)cc(Cl)c1=O)NC1CN(S(=O)(=O)O)C1=O. The molecule has 0 bridgehead atoms. The van der Waals surface area contributed by atoms with Crippen molar-refractivity contribution >= 4 is 45.3 Å². The molecule has 0 radical (unpaired) electrons. The molecular weight excluding hydrogens is 361 g/mol. The minimum atomic E-state index is -4.62. The van der Waals surface area contributed by atoms with E-state index in [1.54, 1.807) is 0 Å². The number of nitrogens with zero attached hydrogens (tertiary/aromatic N) is 2. The van der Waals surface area contributed by atoms with E-state index in [9.17, 15) is 22.8 Å². The van der Waals surface area contributed by atoms with Crippen LogP contribution in [0, 0.1) is 0 Å². The number of aromatic nitrogens is 1. The third kappa shape index (κ3) is 3.40. The lowest BCUT2D eigenvalue weighted by atomic mass is 10.1. The minimum Gasteiger partial charge on any atom is -0.341 e. The summed E-state index contributed by atoms with van der Waals surface area (Å²) in [4.78, 5) is 34.9. The monoisotopic (exact) mass is 369 g/mol. The zero-order chi connectivity index (χ0) is 16.7. The predicted molar refractivity (Wildman–Crippen MR) is 75.9 cm³/mol. The fourth-order valence-corrected chi connectivity index (χ4v) is 2.99. The first-order chi connectivity index (χ1) is 10.1. The standard InChI is InChI=1S/C10H9Cl2N3O6S/c11-5-1-6(12)9(17)14(2-5)4-8(16)13-7-3-15(10(7)18)22(19,20)21/h1-2,7H,3-4H2,(H,13,16)(H,19,20,21). The maximum atomic E-state index is 11.8. The molecule has 2 amide bonds. The van der Waals surface area contributed by atoms with Gasteiger partial charge in [-0.3, -0.25) is 18.9 Å². The minimum absolute atomic E-state index is 0.148. The third-order valence-corrected chi connectivity index (χ3v) is 4.19. The predicted octanol–water partition coefficient (Wildman–Crippen LogP) is -0.715. The average molecular weight is 370 g/mol. The Hall–Kier alpha value is -1.62. The zero-order valence-corrected chi connectivity index (χ0v) is 13.0. The summed E-state index contributed by atoms with van der Waals surface area (Å²) in [6.07, 6.45) is 1.20. The van der Waals surface area contributed by atoms with Gasteiger partial charge in [0.1, 0.15) is 17.6 Å². The van der Waals surface area contributed by atoms with E-state index in [2.05, 4.69) is 5.32 Å². The first kappa shape index (κ1) is 16.7. The van der Waals surface area contributed by atoms with Crippen LogP contribution >= 0.6 is 23.2 Å². The van der Waals surface area contributed by atoms with Crippen molar-refractivity contribution in [3.8, 4) is 0 Å². The summed E-state index contributed by atoms with van der Waals surface area (Å²) in [6.45, 7) is -0.830. The number of amides is 2. The van der Waals surface area contributed by atoms with Gasteiger partial charge in [0.2, 0.25) is 5.91 Å². The fraction of sp³-hybridized carbons (Fsp3) is 0.300. The first-order valence-corrected chi connectivity index (χ1v) is 7.88. The molecule has 22 heavy (non-hydrogen) atoms. The van der Waals surface area contributed by atoms with Crippen molar-refractivity contribution in [1.29, 1.82) is 0 Å². The van der Waals surface area contributed by atoms with Crippen molar-refractivity contribution in [3.05, 3.63) is 32.7 Å². The van der Waals surface area contributed by atoms with Gasteiger partial charge in [-0.2, -0.15) is 8.42 Å². The van der Waals surface area contributed by atoms with E-state index in [-0.39, 0.29) is 20.9 Å². The van der Waals surface area contributed by atoms with Gasteiger partial charge in [-0.15, -0.1) is 0 Å².